The van der Waals surface area contributed by atoms with Crippen molar-refractivity contribution in [3.63, 3.8) is 0 Å². The monoisotopic (exact) mass is 510 g/mol. The first-order chi connectivity index (χ1) is 9.02. The van der Waals surface area contributed by atoms with E-state index in [-0.39, 0.29) is 4.83 Å². The van der Waals surface area contributed by atoms with Gasteiger partial charge in [-0.15, -0.1) is 0 Å². The Balaban J connectivity index is 2.38. The van der Waals surface area contributed by atoms with Crippen molar-refractivity contribution in [3.05, 3.63) is 60.9 Å². The number of alkyl halides is 1. The molecule has 0 aliphatic heterocycles. The Morgan fingerprint density at radius 1 is 0.947 bits per heavy atom. The summed E-state index contributed by atoms with van der Waals surface area (Å²) in [6.45, 7) is 0. The standard InChI is InChI=1S/C14H10Br4O/c1-19-13-5-2-8(6-12(13)17)14(18)10-4-3-9(15)7-11(10)16/h2-7,14H,1H3. The molecule has 19 heavy (non-hydrogen) atoms. The molecule has 5 heteroatoms. The van der Waals surface area contributed by atoms with Crippen LogP contribution in [0.15, 0.2) is 49.8 Å². The molecule has 0 bridgehead atoms. The Morgan fingerprint density at radius 2 is 1.68 bits per heavy atom. The summed E-state index contributed by atoms with van der Waals surface area (Å²) in [5.74, 6) is 0.832. The van der Waals surface area contributed by atoms with E-state index in [9.17, 15) is 0 Å². The SMILES string of the molecule is COc1ccc(C(Br)c2ccc(Br)cc2Br)cc1Br. The summed E-state index contributed by atoms with van der Waals surface area (Å²) in [6.07, 6.45) is 0. The van der Waals surface area contributed by atoms with E-state index in [1.165, 1.54) is 5.56 Å². The molecule has 0 aliphatic rings. The highest BCUT2D eigenvalue weighted by Crippen LogP contribution is 2.38. The number of halogens is 4. The van der Waals surface area contributed by atoms with Crippen molar-refractivity contribution in [1.29, 1.82) is 0 Å². The van der Waals surface area contributed by atoms with E-state index in [1.807, 2.05) is 18.2 Å². The topological polar surface area (TPSA) is 9.23 Å². The molecule has 2 aromatic rings. The van der Waals surface area contributed by atoms with Crippen LogP contribution in [-0.2, 0) is 0 Å². The van der Waals surface area contributed by atoms with Crippen molar-refractivity contribution in [2.75, 3.05) is 7.11 Å². The maximum absolute atomic E-state index is 5.25. The molecule has 0 spiro atoms. The summed E-state index contributed by atoms with van der Waals surface area (Å²) < 4.78 is 8.32. The molecular formula is C14H10Br4O. The van der Waals surface area contributed by atoms with E-state index in [0.717, 1.165) is 24.7 Å². The van der Waals surface area contributed by atoms with Crippen LogP contribution in [0.3, 0.4) is 0 Å². The Kier molecular flexibility index (Phi) is 5.52. The highest BCUT2D eigenvalue weighted by Gasteiger charge is 2.15. The Morgan fingerprint density at radius 3 is 2.26 bits per heavy atom. The molecule has 2 aromatic carbocycles. The van der Waals surface area contributed by atoms with Crippen molar-refractivity contribution in [2.24, 2.45) is 0 Å². The molecule has 0 N–H and O–H groups in total. The van der Waals surface area contributed by atoms with Crippen LogP contribution in [0.2, 0.25) is 0 Å². The lowest BCUT2D eigenvalue weighted by Crippen LogP contribution is -1.95. The molecule has 0 saturated carbocycles. The quantitative estimate of drug-likeness (QED) is 0.428. The fourth-order valence-electron chi connectivity index (χ4n) is 1.73. The van der Waals surface area contributed by atoms with Crippen molar-refractivity contribution < 1.29 is 4.74 Å². The molecule has 0 fully saturated rings. The van der Waals surface area contributed by atoms with Crippen LogP contribution >= 0.6 is 63.7 Å². The molecule has 0 amide bonds. The van der Waals surface area contributed by atoms with Gasteiger partial charge in [0.2, 0.25) is 0 Å². The van der Waals surface area contributed by atoms with Gasteiger partial charge in [0, 0.05) is 8.95 Å². The van der Waals surface area contributed by atoms with Crippen LogP contribution in [0.5, 0.6) is 5.75 Å². The molecule has 1 atom stereocenters. The lowest BCUT2D eigenvalue weighted by atomic mass is 10.0. The second-order valence-corrected chi connectivity index (χ2v) is 7.46. The van der Waals surface area contributed by atoms with Gasteiger partial charge in [-0.25, -0.2) is 0 Å². The van der Waals surface area contributed by atoms with Gasteiger partial charge in [-0.2, -0.15) is 0 Å². The summed E-state index contributed by atoms with van der Waals surface area (Å²) in [6, 6.07) is 12.2. The first kappa shape index (κ1) is 15.5. The highest BCUT2D eigenvalue weighted by molar-refractivity contribution is 9.11. The van der Waals surface area contributed by atoms with Crippen LogP contribution in [0.1, 0.15) is 16.0 Å². The predicted molar refractivity (Wildman–Crippen MR) is 93.3 cm³/mol. The zero-order chi connectivity index (χ0) is 14.0. The van der Waals surface area contributed by atoms with Gasteiger partial charge in [-0.3, -0.25) is 0 Å². The lowest BCUT2D eigenvalue weighted by molar-refractivity contribution is 0.412. The molecule has 1 unspecified atom stereocenters. The van der Waals surface area contributed by atoms with Gasteiger partial charge in [-0.05, 0) is 51.3 Å². The first-order valence-electron chi connectivity index (χ1n) is 5.45. The van der Waals surface area contributed by atoms with Gasteiger partial charge >= 0.3 is 0 Å². The maximum atomic E-state index is 5.25. The molecule has 0 aliphatic carbocycles. The minimum Gasteiger partial charge on any atom is -0.496 e. The summed E-state index contributed by atoms with van der Waals surface area (Å²) in [7, 11) is 1.66. The maximum Gasteiger partial charge on any atom is 0.133 e. The van der Waals surface area contributed by atoms with Gasteiger partial charge in [0.1, 0.15) is 5.75 Å². The van der Waals surface area contributed by atoms with E-state index in [2.05, 4.69) is 81.9 Å². The summed E-state index contributed by atoms with van der Waals surface area (Å²) in [4.78, 5) is 0.122. The average molecular weight is 514 g/mol. The zero-order valence-electron chi connectivity index (χ0n) is 9.96. The van der Waals surface area contributed by atoms with Crippen molar-refractivity contribution in [2.45, 2.75) is 4.83 Å². The third-order valence-corrected chi connectivity index (χ3v) is 5.53. The number of hydrogen-bond acceptors (Lipinski definition) is 1. The second-order valence-electron chi connectivity index (χ2n) is 3.92. The Bertz CT molecular complexity index is 598. The third-order valence-electron chi connectivity index (χ3n) is 2.70. The fourth-order valence-corrected chi connectivity index (χ4v) is 4.55. The van der Waals surface area contributed by atoms with Gasteiger partial charge < -0.3 is 4.74 Å². The van der Waals surface area contributed by atoms with Gasteiger partial charge in [0.15, 0.2) is 0 Å². The van der Waals surface area contributed by atoms with Gasteiger partial charge in [0.05, 0.1) is 16.4 Å². The molecule has 0 heterocycles. The molecule has 0 aromatic heterocycles. The largest absolute Gasteiger partial charge is 0.496 e. The Hall–Kier alpha value is 0.160. The molecule has 2 rings (SSSR count). The molecule has 1 nitrogen and oxygen atoms in total. The van der Waals surface area contributed by atoms with E-state index in [4.69, 9.17) is 4.74 Å². The van der Waals surface area contributed by atoms with E-state index < -0.39 is 0 Å². The zero-order valence-corrected chi connectivity index (χ0v) is 16.3. The lowest BCUT2D eigenvalue weighted by Gasteiger charge is -2.14. The minimum atomic E-state index is 0.122. The van der Waals surface area contributed by atoms with Crippen LogP contribution < -0.4 is 4.74 Å². The number of benzene rings is 2. The van der Waals surface area contributed by atoms with Crippen molar-refractivity contribution >= 4 is 63.7 Å². The predicted octanol–water partition coefficient (Wildman–Crippen LogP) is 6.47. The summed E-state index contributed by atoms with van der Waals surface area (Å²) in [5.41, 5.74) is 2.34. The number of ether oxygens (including phenoxy) is 1. The number of rotatable bonds is 3. The molecule has 100 valence electrons. The molecule has 0 radical (unpaired) electrons. The Labute approximate surface area is 146 Å². The van der Waals surface area contributed by atoms with E-state index in [1.54, 1.807) is 7.11 Å². The normalized spacial score (nSPS) is 12.3. The number of methoxy groups -OCH3 is 1. The van der Waals surface area contributed by atoms with Crippen molar-refractivity contribution in [1.82, 2.24) is 0 Å². The van der Waals surface area contributed by atoms with Crippen LogP contribution in [0.4, 0.5) is 0 Å². The van der Waals surface area contributed by atoms with Crippen LogP contribution in [-0.4, -0.2) is 7.11 Å². The average Bonchev–Trinajstić information content (AvgIpc) is 2.38. The fraction of sp³-hybridized carbons (Fsp3) is 0.143. The molecular weight excluding hydrogens is 504 g/mol. The minimum absolute atomic E-state index is 0.122. The van der Waals surface area contributed by atoms with Crippen LogP contribution in [0.25, 0.3) is 0 Å². The highest BCUT2D eigenvalue weighted by atomic mass is 79.9. The van der Waals surface area contributed by atoms with Gasteiger partial charge in [0.25, 0.3) is 0 Å². The van der Waals surface area contributed by atoms with Gasteiger partial charge in [-0.1, -0.05) is 59.9 Å². The molecule has 0 saturated heterocycles. The summed E-state index contributed by atoms with van der Waals surface area (Å²) >= 11 is 14.3. The number of hydrogen-bond donors (Lipinski definition) is 0. The summed E-state index contributed by atoms with van der Waals surface area (Å²) in [5, 5.41) is 0. The first-order valence-corrected chi connectivity index (χ1v) is 8.75. The second kappa shape index (κ2) is 6.74. The van der Waals surface area contributed by atoms with E-state index in [0.29, 0.717) is 0 Å². The smallest absolute Gasteiger partial charge is 0.133 e. The third kappa shape index (κ3) is 3.63. The van der Waals surface area contributed by atoms with E-state index >= 15 is 0 Å². The van der Waals surface area contributed by atoms with Crippen LogP contribution in [0, 0.1) is 0 Å². The van der Waals surface area contributed by atoms with Crippen molar-refractivity contribution in [3.8, 4) is 5.75 Å².